The fraction of sp³-hybridized carbons (Fsp3) is 0.125. The quantitative estimate of drug-likeness (QED) is 0.266. The minimum atomic E-state index is -0.0675. The number of alkyl halides is 1. The predicted molar refractivity (Wildman–Crippen MR) is 110 cm³/mol. The van der Waals surface area contributed by atoms with E-state index in [2.05, 4.69) is 85.8 Å². The van der Waals surface area contributed by atoms with Crippen LogP contribution in [0.15, 0.2) is 57.7 Å². The van der Waals surface area contributed by atoms with Gasteiger partial charge in [0.05, 0.1) is 9.04 Å². The monoisotopic (exact) mass is 488 g/mol. The molecule has 0 N–H and O–H groups in total. The van der Waals surface area contributed by atoms with Crippen LogP contribution in [0, 0.1) is 0 Å². The maximum Gasteiger partial charge on any atom is 0.124 e. The van der Waals surface area contributed by atoms with Crippen LogP contribution in [-0.2, 0) is 3.66 Å². The molecular weight excluding hydrogens is 480 g/mol. The van der Waals surface area contributed by atoms with Crippen LogP contribution in [0.25, 0.3) is 9.75 Å². The highest BCUT2D eigenvalue weighted by atomic mass is 79.9. The molecule has 0 aromatic carbocycles. The van der Waals surface area contributed by atoms with Crippen molar-refractivity contribution in [2.75, 3.05) is 0 Å². The van der Waals surface area contributed by atoms with Crippen LogP contribution in [0.1, 0.15) is 15.0 Å². The van der Waals surface area contributed by atoms with E-state index in [1.54, 1.807) is 22.7 Å². The van der Waals surface area contributed by atoms with Gasteiger partial charge in [-0.3, -0.25) is 0 Å². The second-order valence-electron chi connectivity index (χ2n) is 4.83. The van der Waals surface area contributed by atoms with Gasteiger partial charge in [0.15, 0.2) is 0 Å². The van der Waals surface area contributed by atoms with E-state index in [0.717, 1.165) is 0 Å². The molecule has 0 nitrogen and oxygen atoms in total. The van der Waals surface area contributed by atoms with Gasteiger partial charge >= 0.3 is 0 Å². The Hall–Kier alpha value is 0.150. The van der Waals surface area contributed by atoms with E-state index in [4.69, 9.17) is 0 Å². The zero-order valence-electron chi connectivity index (χ0n) is 11.2. The Bertz CT molecular complexity index is 815. The van der Waals surface area contributed by atoms with Gasteiger partial charge in [0.2, 0.25) is 0 Å². The van der Waals surface area contributed by atoms with Gasteiger partial charge in [-0.05, 0) is 51.6 Å². The van der Waals surface area contributed by atoms with Crippen molar-refractivity contribution in [1.29, 1.82) is 0 Å². The average Bonchev–Trinajstić information content (AvgIpc) is 3.26. The van der Waals surface area contributed by atoms with Gasteiger partial charge in [0, 0.05) is 19.5 Å². The number of thiophene rings is 3. The molecule has 0 spiro atoms. The molecule has 0 radical (unpaired) electrons. The maximum atomic E-state index is 3.91. The van der Waals surface area contributed by atoms with Crippen LogP contribution in [0.4, 0.5) is 0 Å². The molecule has 6 heteroatoms. The molecule has 0 saturated carbocycles. The molecule has 4 heterocycles. The smallest absolute Gasteiger partial charge is 0.124 e. The third-order valence-electron chi connectivity index (χ3n) is 3.36. The topological polar surface area (TPSA) is 0 Å². The first-order chi connectivity index (χ1) is 10.6. The van der Waals surface area contributed by atoms with Crippen molar-refractivity contribution in [1.82, 2.24) is 0 Å². The van der Waals surface area contributed by atoms with E-state index in [-0.39, 0.29) is 3.66 Å². The summed E-state index contributed by atoms with van der Waals surface area (Å²) in [6, 6.07) is 13.1. The number of thioether (sulfide) groups is 1. The highest BCUT2D eigenvalue weighted by Gasteiger charge is 2.36. The molecule has 0 aliphatic carbocycles. The lowest BCUT2D eigenvalue weighted by atomic mass is 10.2. The molecule has 4 rings (SSSR count). The molecule has 0 fully saturated rings. The summed E-state index contributed by atoms with van der Waals surface area (Å²) in [6.45, 7) is 0. The molecule has 3 aromatic rings. The van der Waals surface area contributed by atoms with Crippen molar-refractivity contribution in [2.24, 2.45) is 0 Å². The van der Waals surface area contributed by atoms with Gasteiger partial charge in [-0.1, -0.05) is 34.1 Å². The Morgan fingerprint density at radius 2 is 1.82 bits per heavy atom. The van der Waals surface area contributed by atoms with Crippen molar-refractivity contribution in [3.05, 3.63) is 67.5 Å². The van der Waals surface area contributed by atoms with Crippen LogP contribution >= 0.6 is 77.6 Å². The zero-order chi connectivity index (χ0) is 15.2. The summed E-state index contributed by atoms with van der Waals surface area (Å²) in [5.41, 5.74) is 0. The van der Waals surface area contributed by atoms with Gasteiger partial charge in [-0.2, -0.15) is 0 Å². The summed E-state index contributed by atoms with van der Waals surface area (Å²) >= 11 is 14.9. The van der Waals surface area contributed by atoms with Crippen LogP contribution < -0.4 is 0 Å². The van der Waals surface area contributed by atoms with Gasteiger partial charge in [0.1, 0.15) is 3.66 Å². The molecule has 0 saturated heterocycles. The summed E-state index contributed by atoms with van der Waals surface area (Å²) in [5, 5.41) is 2.56. The van der Waals surface area contributed by atoms with Crippen LogP contribution in [0.3, 0.4) is 0 Å². The molecule has 1 aliphatic rings. The first-order valence-electron chi connectivity index (χ1n) is 6.59. The molecule has 0 bridgehead atoms. The maximum absolute atomic E-state index is 3.91. The second kappa shape index (κ2) is 6.22. The van der Waals surface area contributed by atoms with Crippen molar-refractivity contribution >= 4 is 77.6 Å². The third kappa shape index (κ3) is 2.94. The second-order valence-corrected chi connectivity index (χ2v) is 12.5. The van der Waals surface area contributed by atoms with Crippen molar-refractivity contribution < 1.29 is 0 Å². The lowest BCUT2D eigenvalue weighted by molar-refractivity contribution is 1.24. The van der Waals surface area contributed by atoms with Crippen molar-refractivity contribution in [3.8, 4) is 9.75 Å². The number of hydrogen-bond donors (Lipinski definition) is 0. The van der Waals surface area contributed by atoms with Crippen LogP contribution in [0.2, 0.25) is 0 Å². The average molecular weight is 490 g/mol. The van der Waals surface area contributed by atoms with E-state index in [1.807, 2.05) is 23.1 Å². The molecule has 0 amide bonds. The van der Waals surface area contributed by atoms with E-state index in [9.17, 15) is 0 Å². The van der Waals surface area contributed by atoms with E-state index in [1.165, 1.54) is 23.3 Å². The number of rotatable bonds is 3. The van der Waals surface area contributed by atoms with Gasteiger partial charge in [0.25, 0.3) is 0 Å². The van der Waals surface area contributed by atoms with Crippen LogP contribution in [0.5, 0.6) is 0 Å². The summed E-state index contributed by atoms with van der Waals surface area (Å²) in [7, 11) is 0. The van der Waals surface area contributed by atoms with Crippen molar-refractivity contribution in [3.63, 3.8) is 0 Å². The third-order valence-corrected chi connectivity index (χ3v) is 10.5. The van der Waals surface area contributed by atoms with Gasteiger partial charge < -0.3 is 0 Å². The molecule has 22 heavy (non-hydrogen) atoms. The van der Waals surface area contributed by atoms with E-state index >= 15 is 0 Å². The Morgan fingerprint density at radius 3 is 2.55 bits per heavy atom. The minimum Gasteiger partial charge on any atom is -0.146 e. The van der Waals surface area contributed by atoms with Gasteiger partial charge in [-0.25, -0.2) is 0 Å². The summed E-state index contributed by atoms with van der Waals surface area (Å²) in [6.07, 6.45) is 4.61. The zero-order valence-corrected chi connectivity index (χ0v) is 17.6. The molecule has 112 valence electrons. The molecular formula is C16H10Br2S4. The van der Waals surface area contributed by atoms with E-state index in [0.29, 0.717) is 5.25 Å². The Balaban J connectivity index is 1.57. The van der Waals surface area contributed by atoms with Crippen LogP contribution in [-0.4, -0.2) is 0 Å². The highest BCUT2D eigenvalue weighted by Crippen LogP contribution is 2.58. The molecule has 2 unspecified atom stereocenters. The van der Waals surface area contributed by atoms with Gasteiger partial charge in [-0.15, -0.1) is 45.8 Å². The SMILES string of the molecule is Brc1ccc(-c2ccc(C3C=CC(Br)(c4cccs4)S3)s2)s1. The first kappa shape index (κ1) is 15.7. The molecule has 2 atom stereocenters. The normalized spacial score (nSPS) is 24.2. The highest BCUT2D eigenvalue weighted by molar-refractivity contribution is 9.11. The summed E-state index contributed by atoms with van der Waals surface area (Å²) in [5.74, 6) is 0. The fourth-order valence-corrected chi connectivity index (χ4v) is 8.27. The fourth-order valence-electron chi connectivity index (χ4n) is 2.33. The Morgan fingerprint density at radius 1 is 1.00 bits per heavy atom. The standard InChI is InChI=1S/C16H10Br2S4/c17-15-6-5-11(21-15)10-3-4-12(20-10)13-7-8-16(18,22-13)14-2-1-9-19-14/h1-9,13H. The molecule has 3 aromatic heterocycles. The Labute approximate surface area is 162 Å². The number of halogens is 2. The largest absolute Gasteiger partial charge is 0.146 e. The Kier molecular flexibility index (Phi) is 4.43. The number of hydrogen-bond acceptors (Lipinski definition) is 4. The summed E-state index contributed by atoms with van der Waals surface area (Å²) < 4.78 is 1.12. The lowest BCUT2D eigenvalue weighted by Gasteiger charge is -2.19. The first-order valence-corrected chi connectivity index (χ1v) is 11.6. The lowest BCUT2D eigenvalue weighted by Crippen LogP contribution is -2.03. The van der Waals surface area contributed by atoms with E-state index < -0.39 is 0 Å². The predicted octanol–water partition coefficient (Wildman–Crippen LogP) is 7.89. The minimum absolute atomic E-state index is 0.0675. The summed E-state index contributed by atoms with van der Waals surface area (Å²) in [4.78, 5) is 5.45. The molecule has 1 aliphatic heterocycles. The van der Waals surface area contributed by atoms with Crippen molar-refractivity contribution in [2.45, 2.75) is 8.91 Å².